The number of Topliss-reactive ketones (excluding diaryl/α,β-unsaturated/α-hetero) is 1. The van der Waals surface area contributed by atoms with Crippen LogP contribution in [0.1, 0.15) is 72.4 Å². The number of sulfonamides is 1. The van der Waals surface area contributed by atoms with E-state index in [9.17, 15) is 23.1 Å². The summed E-state index contributed by atoms with van der Waals surface area (Å²) in [6, 6.07) is 22.9. The largest absolute Gasteiger partial charge is 0.453 e. The molecule has 0 saturated carbocycles. The monoisotopic (exact) mass is 812 g/mol. The zero-order valence-electron chi connectivity index (χ0n) is 31.1. The number of amides is 1. The quantitative estimate of drug-likeness (QED) is 0.107. The van der Waals surface area contributed by atoms with Crippen molar-refractivity contribution in [1.29, 1.82) is 0 Å². The number of thiophene rings is 1. The van der Waals surface area contributed by atoms with E-state index in [-0.39, 0.29) is 26.6 Å². The minimum Gasteiger partial charge on any atom is -0.453 e. The van der Waals surface area contributed by atoms with Crippen LogP contribution in [0.25, 0.3) is 5.69 Å². The molecule has 17 heteroatoms. The second-order valence-electron chi connectivity index (χ2n) is 14.3. The number of ketones is 1. The summed E-state index contributed by atoms with van der Waals surface area (Å²) in [5.74, 6) is -4.08. The molecule has 298 valence electrons. The maximum atomic E-state index is 15.0. The van der Waals surface area contributed by atoms with Gasteiger partial charge in [0.15, 0.2) is 12.1 Å². The van der Waals surface area contributed by atoms with Gasteiger partial charge in [-0.05, 0) is 64.6 Å². The van der Waals surface area contributed by atoms with E-state index in [1.165, 1.54) is 47.5 Å². The van der Waals surface area contributed by atoms with E-state index in [0.717, 1.165) is 11.4 Å². The number of carbonyl (C=O) groups is 2. The number of carbonyl (C=O) groups excluding carboxylic acids is 2. The van der Waals surface area contributed by atoms with Crippen LogP contribution in [0.4, 0.5) is 18.0 Å². The fraction of sp³-hybridized carbons (Fsp3) is 0.359. The van der Waals surface area contributed by atoms with Crippen molar-refractivity contribution in [2.24, 2.45) is 5.41 Å². The second kappa shape index (κ2) is 17.9. The summed E-state index contributed by atoms with van der Waals surface area (Å²) in [4.78, 5) is 27.8. The van der Waals surface area contributed by atoms with Crippen LogP contribution in [0.5, 0.6) is 0 Å². The van der Waals surface area contributed by atoms with Gasteiger partial charge in [0.05, 0.1) is 36.3 Å². The maximum absolute atomic E-state index is 15.0. The average molecular weight is 813 g/mol. The molecule has 5 rings (SSSR count). The topological polar surface area (TPSA) is 157 Å². The number of aromatic nitrogens is 4. The Bertz CT molecular complexity index is 2110. The first kappa shape index (κ1) is 42.2. The van der Waals surface area contributed by atoms with Crippen LogP contribution in [0, 0.1) is 5.41 Å². The van der Waals surface area contributed by atoms with Crippen molar-refractivity contribution in [1.82, 2.24) is 29.8 Å². The highest BCUT2D eigenvalue weighted by Crippen LogP contribution is 2.44. The minimum absolute atomic E-state index is 0.0564. The predicted molar refractivity (Wildman–Crippen MR) is 204 cm³/mol. The molecule has 0 bridgehead atoms. The van der Waals surface area contributed by atoms with E-state index in [1.54, 1.807) is 60.7 Å². The number of aliphatic hydroxyl groups excluding tert-OH is 1. The van der Waals surface area contributed by atoms with Gasteiger partial charge in [-0.15, -0.1) is 26.3 Å². The molecule has 1 amide bonds. The molecule has 0 aliphatic carbocycles. The summed E-state index contributed by atoms with van der Waals surface area (Å²) in [6.07, 6.45) is -5.37. The van der Waals surface area contributed by atoms with Gasteiger partial charge in [0.1, 0.15) is 6.04 Å². The number of tetrazole rings is 1. The number of benzene rings is 3. The van der Waals surface area contributed by atoms with Gasteiger partial charge in [0, 0.05) is 28.6 Å². The second-order valence-corrected chi connectivity index (χ2v) is 17.3. The third-order valence-electron chi connectivity index (χ3n) is 9.20. The molecule has 2 aromatic heterocycles. The molecule has 3 atom stereocenters. The lowest BCUT2D eigenvalue weighted by Gasteiger charge is -2.32. The number of hydrogen-bond donors (Lipinski definition) is 2. The molecule has 0 unspecified atom stereocenters. The highest BCUT2D eigenvalue weighted by molar-refractivity contribution is 7.89. The summed E-state index contributed by atoms with van der Waals surface area (Å²) in [7, 11) is -3.23. The summed E-state index contributed by atoms with van der Waals surface area (Å²) in [5.41, 5.74) is 1.27. The van der Waals surface area contributed by atoms with Crippen molar-refractivity contribution in [3.8, 4) is 5.69 Å². The summed E-state index contributed by atoms with van der Waals surface area (Å²) in [6.45, 7) is 4.97. The predicted octanol–water partition coefficient (Wildman–Crippen LogP) is 7.05. The van der Waals surface area contributed by atoms with Gasteiger partial charge in [-0.1, -0.05) is 81.4 Å². The number of rotatable bonds is 16. The molecule has 3 aromatic carbocycles. The smallest absolute Gasteiger partial charge is 0.407 e. The standard InChI is InChI=1S/C39H43F3N6O6S2/c1-38(2,3)21-22-47(56(52,53)29-17-15-28(16-18-29)48-44-25-43-46-48)31(24-49)34-20-19-33(55-34)30(39(40,41)42)23-32(50)36(45-37(51)54-4)35(26-11-7-5-8-12-26)27-13-9-6-10-14-27/h5-20,25,30-31,35-36,49H,21-24H2,1-4H3,(H,45,51)/t30-,31-,36-/m1/s1. The van der Waals surface area contributed by atoms with Crippen LogP contribution in [0.2, 0.25) is 0 Å². The number of ether oxygens (including phenoxy) is 1. The number of halogens is 3. The minimum atomic E-state index is -4.92. The number of nitrogens with zero attached hydrogens (tertiary/aromatic N) is 5. The molecule has 0 saturated heterocycles. The lowest BCUT2D eigenvalue weighted by Crippen LogP contribution is -2.46. The Hall–Kier alpha value is -4.97. The molecule has 2 heterocycles. The molecule has 0 aliphatic heterocycles. The first-order chi connectivity index (χ1) is 26.5. The Morgan fingerprint density at radius 1 is 0.911 bits per heavy atom. The fourth-order valence-electron chi connectivity index (χ4n) is 6.26. The maximum Gasteiger partial charge on any atom is 0.407 e. The van der Waals surface area contributed by atoms with E-state index in [0.29, 0.717) is 34.6 Å². The van der Waals surface area contributed by atoms with Crippen LogP contribution in [0.3, 0.4) is 0 Å². The molecule has 2 N–H and O–H groups in total. The highest BCUT2D eigenvalue weighted by atomic mass is 32.2. The molecule has 5 aromatic rings. The number of nitrogens with one attached hydrogen (secondary N) is 1. The van der Waals surface area contributed by atoms with E-state index in [1.807, 2.05) is 20.8 Å². The van der Waals surface area contributed by atoms with Crippen LogP contribution in [-0.2, 0) is 19.6 Å². The van der Waals surface area contributed by atoms with Gasteiger partial charge in [0.2, 0.25) is 10.0 Å². The lowest BCUT2D eigenvalue weighted by atomic mass is 9.81. The fourth-order valence-corrected chi connectivity index (χ4v) is 9.16. The third-order valence-corrected chi connectivity index (χ3v) is 12.4. The average Bonchev–Trinajstić information content (AvgIpc) is 3.89. The van der Waals surface area contributed by atoms with Crippen molar-refractivity contribution in [2.45, 2.75) is 68.6 Å². The third kappa shape index (κ3) is 10.3. The Morgan fingerprint density at radius 2 is 1.50 bits per heavy atom. The highest BCUT2D eigenvalue weighted by Gasteiger charge is 2.46. The van der Waals surface area contributed by atoms with Crippen LogP contribution >= 0.6 is 11.3 Å². The van der Waals surface area contributed by atoms with Gasteiger partial charge in [-0.2, -0.15) is 17.5 Å². The van der Waals surface area contributed by atoms with Crippen molar-refractivity contribution in [2.75, 3.05) is 20.3 Å². The first-order valence-electron chi connectivity index (χ1n) is 17.6. The van der Waals surface area contributed by atoms with Gasteiger partial charge in [0.25, 0.3) is 0 Å². The number of methoxy groups -OCH3 is 1. The van der Waals surface area contributed by atoms with Gasteiger partial charge >= 0.3 is 12.3 Å². The molecule has 56 heavy (non-hydrogen) atoms. The SMILES string of the molecule is COC(=O)N[C@H](C(=O)C[C@H](c1ccc([C@@H](CO)N(CCC(C)(C)C)S(=O)(=O)c2ccc(-n3ncnn3)cc2)s1)C(F)(F)F)C(c1ccccc1)c1ccccc1. The number of alkyl halides is 3. The zero-order chi connectivity index (χ0) is 40.7. The molecule has 0 spiro atoms. The molecule has 0 fully saturated rings. The number of alkyl carbamates (subject to hydrolysis) is 1. The van der Waals surface area contributed by atoms with E-state index >= 15 is 13.2 Å². The van der Waals surface area contributed by atoms with Gasteiger partial charge < -0.3 is 15.2 Å². The Kier molecular flexibility index (Phi) is 13.5. The van der Waals surface area contributed by atoms with Crippen molar-refractivity contribution in [3.63, 3.8) is 0 Å². The Morgan fingerprint density at radius 3 is 2.00 bits per heavy atom. The van der Waals surface area contributed by atoms with Gasteiger partial charge in [-0.25, -0.2) is 13.2 Å². The summed E-state index contributed by atoms with van der Waals surface area (Å²) < 4.78 is 79.5. The lowest BCUT2D eigenvalue weighted by molar-refractivity contribution is -0.156. The van der Waals surface area contributed by atoms with E-state index in [4.69, 9.17) is 4.74 Å². The summed E-state index contributed by atoms with van der Waals surface area (Å²) >= 11 is 0.670. The van der Waals surface area contributed by atoms with Crippen LogP contribution in [-0.4, -0.2) is 82.4 Å². The first-order valence-corrected chi connectivity index (χ1v) is 19.9. The zero-order valence-corrected chi connectivity index (χ0v) is 32.8. The van der Waals surface area contributed by atoms with Crippen molar-refractivity contribution in [3.05, 3.63) is 124 Å². The number of hydrogen-bond acceptors (Lipinski definition) is 10. The molecular weight excluding hydrogens is 770 g/mol. The normalized spacial score (nSPS) is 14.0. The number of aliphatic hydroxyl groups is 1. The van der Waals surface area contributed by atoms with Crippen LogP contribution < -0.4 is 5.32 Å². The van der Waals surface area contributed by atoms with Crippen molar-refractivity contribution < 1.29 is 41.0 Å². The molecular formula is C39H43F3N6O6S2. The molecule has 12 nitrogen and oxygen atoms in total. The van der Waals surface area contributed by atoms with Gasteiger partial charge in [-0.3, -0.25) is 4.79 Å². The summed E-state index contributed by atoms with van der Waals surface area (Å²) in [5, 5.41) is 24.6. The van der Waals surface area contributed by atoms with E-state index in [2.05, 4.69) is 20.7 Å². The van der Waals surface area contributed by atoms with E-state index < -0.39 is 65.0 Å². The Balaban J connectivity index is 1.50. The Labute approximate surface area is 327 Å². The molecule has 0 aliphatic rings. The molecule has 0 radical (unpaired) electrons. The van der Waals surface area contributed by atoms with Crippen LogP contribution in [0.15, 0.2) is 108 Å². The van der Waals surface area contributed by atoms with Crippen molar-refractivity contribution >= 4 is 33.2 Å².